The van der Waals surface area contributed by atoms with Gasteiger partial charge < -0.3 is 10.0 Å². The van der Waals surface area contributed by atoms with Crippen LogP contribution in [0.15, 0.2) is 24.3 Å². The molecule has 1 aliphatic rings. The Kier molecular flexibility index (Phi) is 2.92. The quantitative estimate of drug-likeness (QED) is 0.816. The lowest BCUT2D eigenvalue weighted by Gasteiger charge is -2.23. The van der Waals surface area contributed by atoms with Crippen LogP contribution in [0.5, 0.6) is 0 Å². The maximum atomic E-state index is 13.6. The van der Waals surface area contributed by atoms with Crippen LogP contribution >= 0.6 is 0 Å². The Bertz CT molecular complexity index is 408. The van der Waals surface area contributed by atoms with Gasteiger partial charge in [-0.25, -0.2) is 4.39 Å². The third-order valence-corrected chi connectivity index (χ3v) is 3.24. The number of hydrogen-bond donors (Lipinski definition) is 1. The molecule has 0 unspecified atom stereocenters. The molecule has 0 aliphatic carbocycles. The Hall–Kier alpha value is -1.42. The molecule has 4 heteroatoms. The van der Waals surface area contributed by atoms with E-state index in [1.807, 2.05) is 0 Å². The summed E-state index contributed by atoms with van der Waals surface area (Å²) in [4.78, 5) is 13.0. The van der Waals surface area contributed by atoms with Gasteiger partial charge in [0.2, 0.25) is 5.91 Å². The van der Waals surface area contributed by atoms with Gasteiger partial charge in [-0.05, 0) is 11.6 Å². The second-order valence-electron chi connectivity index (χ2n) is 4.09. The van der Waals surface area contributed by atoms with E-state index in [9.17, 15) is 14.3 Å². The van der Waals surface area contributed by atoms with E-state index in [0.29, 0.717) is 5.56 Å². The van der Waals surface area contributed by atoms with Crippen molar-refractivity contribution in [3.05, 3.63) is 35.6 Å². The third-order valence-electron chi connectivity index (χ3n) is 3.24. The van der Waals surface area contributed by atoms with Gasteiger partial charge in [0, 0.05) is 19.4 Å². The van der Waals surface area contributed by atoms with Crippen LogP contribution in [-0.4, -0.2) is 35.6 Å². The van der Waals surface area contributed by atoms with Crippen molar-refractivity contribution in [3.63, 3.8) is 0 Å². The molecule has 1 N–H and O–H groups in total. The molecule has 0 saturated carbocycles. The Labute approximate surface area is 93.5 Å². The van der Waals surface area contributed by atoms with Crippen LogP contribution in [0.1, 0.15) is 17.9 Å². The molecule has 0 radical (unpaired) electrons. The van der Waals surface area contributed by atoms with Gasteiger partial charge in [-0.15, -0.1) is 0 Å². The van der Waals surface area contributed by atoms with Gasteiger partial charge in [0.15, 0.2) is 0 Å². The average Bonchev–Trinajstić information content (AvgIpc) is 2.56. The van der Waals surface area contributed by atoms with Gasteiger partial charge in [0.25, 0.3) is 0 Å². The van der Waals surface area contributed by atoms with Crippen LogP contribution in [0.3, 0.4) is 0 Å². The minimum absolute atomic E-state index is 0.0488. The molecule has 2 rings (SSSR count). The standard InChI is InChI=1S/C12H14FNO2/c1-14-11(7-15)9(6-12(14)16)8-4-2-3-5-10(8)13/h2-5,9,11,15H,6-7H2,1H3/t9-,11+/m1/s1. The summed E-state index contributed by atoms with van der Waals surface area (Å²) in [5, 5.41) is 9.26. The molecule has 1 heterocycles. The molecule has 0 bridgehead atoms. The van der Waals surface area contributed by atoms with Crippen molar-refractivity contribution in [2.75, 3.05) is 13.7 Å². The van der Waals surface area contributed by atoms with Crippen LogP contribution in [0.2, 0.25) is 0 Å². The zero-order chi connectivity index (χ0) is 11.7. The minimum Gasteiger partial charge on any atom is -0.394 e. The number of carbonyl (C=O) groups excluding carboxylic acids is 1. The molecular formula is C12H14FNO2. The first-order chi connectivity index (χ1) is 7.65. The van der Waals surface area contributed by atoms with Gasteiger partial charge in [0.05, 0.1) is 12.6 Å². The number of amides is 1. The first-order valence-corrected chi connectivity index (χ1v) is 5.26. The predicted molar refractivity (Wildman–Crippen MR) is 57.4 cm³/mol. The highest BCUT2D eigenvalue weighted by atomic mass is 19.1. The number of hydrogen-bond acceptors (Lipinski definition) is 2. The molecule has 16 heavy (non-hydrogen) atoms. The van der Waals surface area contributed by atoms with Crippen LogP contribution in [0.4, 0.5) is 4.39 Å². The molecule has 1 fully saturated rings. The SMILES string of the molecule is CN1C(=O)C[C@H](c2ccccc2F)[C@@H]1CO. The lowest BCUT2D eigenvalue weighted by atomic mass is 9.91. The van der Waals surface area contributed by atoms with E-state index in [2.05, 4.69) is 0 Å². The van der Waals surface area contributed by atoms with Crippen molar-refractivity contribution in [1.82, 2.24) is 4.90 Å². The first-order valence-electron chi connectivity index (χ1n) is 5.26. The number of rotatable bonds is 2. The highest BCUT2D eigenvalue weighted by molar-refractivity contribution is 5.80. The fourth-order valence-corrected chi connectivity index (χ4v) is 2.27. The highest BCUT2D eigenvalue weighted by Gasteiger charge is 2.38. The van der Waals surface area contributed by atoms with E-state index in [4.69, 9.17) is 0 Å². The number of likely N-dealkylation sites (N-methyl/N-ethyl adjacent to an activating group) is 1. The molecular weight excluding hydrogens is 209 g/mol. The minimum atomic E-state index is -0.315. The zero-order valence-electron chi connectivity index (χ0n) is 9.06. The largest absolute Gasteiger partial charge is 0.394 e. The van der Waals surface area contributed by atoms with Gasteiger partial charge in [-0.1, -0.05) is 18.2 Å². The number of benzene rings is 1. The normalized spacial score (nSPS) is 25.2. The molecule has 86 valence electrons. The van der Waals surface area contributed by atoms with Gasteiger partial charge >= 0.3 is 0 Å². The number of carbonyl (C=O) groups is 1. The van der Waals surface area contributed by atoms with E-state index >= 15 is 0 Å². The summed E-state index contributed by atoms with van der Waals surface area (Å²) in [6.07, 6.45) is 0.267. The molecule has 1 aliphatic heterocycles. The molecule has 0 aromatic heterocycles. The smallest absolute Gasteiger partial charge is 0.223 e. The van der Waals surface area contributed by atoms with E-state index in [1.165, 1.54) is 11.0 Å². The predicted octanol–water partition coefficient (Wildman–Crippen LogP) is 1.13. The van der Waals surface area contributed by atoms with Crippen LogP contribution in [0.25, 0.3) is 0 Å². The molecule has 1 amide bonds. The fourth-order valence-electron chi connectivity index (χ4n) is 2.27. The number of likely N-dealkylation sites (tertiary alicyclic amines) is 1. The zero-order valence-corrected chi connectivity index (χ0v) is 9.06. The van der Waals surface area contributed by atoms with Crippen molar-refractivity contribution in [2.24, 2.45) is 0 Å². The van der Waals surface area contributed by atoms with Gasteiger partial charge in [-0.3, -0.25) is 4.79 Å². The van der Waals surface area contributed by atoms with Crippen LogP contribution in [-0.2, 0) is 4.79 Å². The van der Waals surface area contributed by atoms with E-state index < -0.39 is 0 Å². The Morgan fingerprint density at radius 3 is 2.81 bits per heavy atom. The maximum Gasteiger partial charge on any atom is 0.223 e. The lowest BCUT2D eigenvalue weighted by Crippen LogP contribution is -2.34. The van der Waals surface area contributed by atoms with Crippen molar-refractivity contribution in [1.29, 1.82) is 0 Å². The molecule has 1 aromatic rings. The van der Waals surface area contributed by atoms with Crippen LogP contribution < -0.4 is 0 Å². The maximum absolute atomic E-state index is 13.6. The number of nitrogens with zero attached hydrogens (tertiary/aromatic N) is 1. The second-order valence-corrected chi connectivity index (χ2v) is 4.09. The highest BCUT2D eigenvalue weighted by Crippen LogP contribution is 2.34. The summed E-state index contributed by atoms with van der Waals surface area (Å²) in [5.74, 6) is -0.606. The first kappa shape index (κ1) is 11.1. The van der Waals surface area contributed by atoms with Crippen molar-refractivity contribution in [3.8, 4) is 0 Å². The lowest BCUT2D eigenvalue weighted by molar-refractivity contribution is -0.128. The van der Waals surface area contributed by atoms with Crippen molar-refractivity contribution >= 4 is 5.91 Å². The summed E-state index contributed by atoms with van der Waals surface area (Å²) in [7, 11) is 1.64. The van der Waals surface area contributed by atoms with Gasteiger partial charge in [0.1, 0.15) is 5.82 Å². The molecule has 2 atom stereocenters. The number of aliphatic hydroxyl groups is 1. The monoisotopic (exact) mass is 223 g/mol. The summed E-state index contributed by atoms with van der Waals surface area (Å²) in [6, 6.07) is 6.11. The molecule has 1 aromatic carbocycles. The van der Waals surface area contributed by atoms with E-state index in [0.717, 1.165) is 0 Å². The topological polar surface area (TPSA) is 40.5 Å². The fraction of sp³-hybridized carbons (Fsp3) is 0.417. The Morgan fingerprint density at radius 2 is 2.19 bits per heavy atom. The summed E-state index contributed by atoms with van der Waals surface area (Å²) >= 11 is 0. The molecule has 1 saturated heterocycles. The van der Waals surface area contributed by atoms with Crippen molar-refractivity contribution in [2.45, 2.75) is 18.4 Å². The Morgan fingerprint density at radius 1 is 1.50 bits per heavy atom. The van der Waals surface area contributed by atoms with Crippen LogP contribution in [0, 0.1) is 5.82 Å². The van der Waals surface area contributed by atoms with Crippen molar-refractivity contribution < 1.29 is 14.3 Å². The molecule has 3 nitrogen and oxygen atoms in total. The number of aliphatic hydroxyl groups excluding tert-OH is 1. The van der Waals surface area contributed by atoms with E-state index in [1.54, 1.807) is 25.2 Å². The Balaban J connectivity index is 2.35. The summed E-state index contributed by atoms with van der Waals surface area (Å²) in [5.41, 5.74) is 0.513. The third kappa shape index (κ3) is 1.69. The average molecular weight is 223 g/mol. The molecule has 0 spiro atoms. The van der Waals surface area contributed by atoms with E-state index in [-0.39, 0.29) is 36.7 Å². The van der Waals surface area contributed by atoms with Gasteiger partial charge in [-0.2, -0.15) is 0 Å². The number of halogens is 1. The second kappa shape index (κ2) is 4.22. The summed E-state index contributed by atoms with van der Waals surface area (Å²) in [6.45, 7) is -0.138. The summed E-state index contributed by atoms with van der Waals surface area (Å²) < 4.78 is 13.6.